The number of amides is 1. The number of benzene rings is 1. The van der Waals surface area contributed by atoms with Crippen LogP contribution in [0.4, 0.5) is 5.69 Å². The number of anilines is 1. The van der Waals surface area contributed by atoms with Crippen LogP contribution in [0.2, 0.25) is 0 Å². The average molecular weight is 262 g/mol. The molecule has 0 aliphatic carbocycles. The molecule has 104 valence electrons. The van der Waals surface area contributed by atoms with Crippen molar-refractivity contribution in [2.45, 2.75) is 20.8 Å². The standard InChI is InChI=1S/C15H22N2O2/c1-9-5-6-13(11(3)14(9)19-4)17-15(18)10(2)12-7-16-8-12/h5-6,10,12,16H,7-8H2,1-4H3,(H,17,18). The molecule has 0 radical (unpaired) electrons. The lowest BCUT2D eigenvalue weighted by atomic mass is 9.88. The summed E-state index contributed by atoms with van der Waals surface area (Å²) in [6.07, 6.45) is 0. The van der Waals surface area contributed by atoms with Gasteiger partial charge in [-0.15, -0.1) is 0 Å². The van der Waals surface area contributed by atoms with Crippen molar-refractivity contribution in [3.63, 3.8) is 0 Å². The van der Waals surface area contributed by atoms with E-state index in [1.807, 2.05) is 32.9 Å². The van der Waals surface area contributed by atoms with Crippen LogP contribution in [0.25, 0.3) is 0 Å². The van der Waals surface area contributed by atoms with Gasteiger partial charge in [0.2, 0.25) is 5.91 Å². The van der Waals surface area contributed by atoms with Crippen molar-refractivity contribution in [3.05, 3.63) is 23.3 Å². The summed E-state index contributed by atoms with van der Waals surface area (Å²) in [7, 11) is 1.66. The SMILES string of the molecule is COc1c(C)ccc(NC(=O)C(C)C2CNC2)c1C. The molecule has 4 nitrogen and oxygen atoms in total. The molecule has 1 saturated heterocycles. The molecule has 1 aliphatic rings. The van der Waals surface area contributed by atoms with E-state index in [1.54, 1.807) is 7.11 Å². The zero-order valence-electron chi connectivity index (χ0n) is 12.0. The predicted molar refractivity (Wildman–Crippen MR) is 76.6 cm³/mol. The van der Waals surface area contributed by atoms with E-state index in [2.05, 4.69) is 10.6 Å². The maximum Gasteiger partial charge on any atom is 0.227 e. The molecule has 1 atom stereocenters. The summed E-state index contributed by atoms with van der Waals surface area (Å²) >= 11 is 0. The van der Waals surface area contributed by atoms with Gasteiger partial charge in [-0.1, -0.05) is 13.0 Å². The molecular formula is C15H22N2O2. The van der Waals surface area contributed by atoms with Crippen LogP contribution in [-0.2, 0) is 4.79 Å². The van der Waals surface area contributed by atoms with E-state index < -0.39 is 0 Å². The van der Waals surface area contributed by atoms with Gasteiger partial charge < -0.3 is 15.4 Å². The van der Waals surface area contributed by atoms with Crippen LogP contribution in [0.3, 0.4) is 0 Å². The molecule has 1 heterocycles. The van der Waals surface area contributed by atoms with E-state index in [0.29, 0.717) is 5.92 Å². The number of nitrogens with one attached hydrogen (secondary N) is 2. The molecule has 2 N–H and O–H groups in total. The van der Waals surface area contributed by atoms with E-state index >= 15 is 0 Å². The first kappa shape index (κ1) is 13.9. The Hall–Kier alpha value is -1.55. The van der Waals surface area contributed by atoms with E-state index in [-0.39, 0.29) is 11.8 Å². The number of rotatable bonds is 4. The molecule has 0 spiro atoms. The van der Waals surface area contributed by atoms with Gasteiger partial charge >= 0.3 is 0 Å². The quantitative estimate of drug-likeness (QED) is 0.873. The summed E-state index contributed by atoms with van der Waals surface area (Å²) in [4.78, 5) is 12.2. The molecule has 0 aromatic heterocycles. The molecule has 1 unspecified atom stereocenters. The van der Waals surface area contributed by atoms with E-state index in [9.17, 15) is 4.79 Å². The van der Waals surface area contributed by atoms with Crippen LogP contribution in [0.1, 0.15) is 18.1 Å². The Kier molecular flexibility index (Phi) is 4.10. The monoisotopic (exact) mass is 262 g/mol. The molecule has 1 aromatic carbocycles. The lowest BCUT2D eigenvalue weighted by Crippen LogP contribution is -2.48. The molecular weight excluding hydrogens is 240 g/mol. The van der Waals surface area contributed by atoms with Crippen molar-refractivity contribution < 1.29 is 9.53 Å². The largest absolute Gasteiger partial charge is 0.496 e. The second-order valence-corrected chi connectivity index (χ2v) is 5.28. The third-order valence-electron chi connectivity index (χ3n) is 4.00. The van der Waals surface area contributed by atoms with E-state index in [1.165, 1.54) is 0 Å². The smallest absolute Gasteiger partial charge is 0.227 e. The summed E-state index contributed by atoms with van der Waals surface area (Å²) in [5.41, 5.74) is 2.90. The van der Waals surface area contributed by atoms with Gasteiger partial charge in [-0.25, -0.2) is 0 Å². The van der Waals surface area contributed by atoms with Crippen LogP contribution in [0, 0.1) is 25.7 Å². The van der Waals surface area contributed by atoms with E-state index in [4.69, 9.17) is 4.74 Å². The summed E-state index contributed by atoms with van der Waals surface area (Å²) < 4.78 is 5.38. The van der Waals surface area contributed by atoms with Gasteiger partial charge in [0, 0.05) is 17.2 Å². The highest BCUT2D eigenvalue weighted by atomic mass is 16.5. The number of hydrogen-bond donors (Lipinski definition) is 2. The number of ether oxygens (including phenoxy) is 1. The van der Waals surface area contributed by atoms with Crippen LogP contribution >= 0.6 is 0 Å². The summed E-state index contributed by atoms with van der Waals surface area (Å²) in [5, 5.41) is 6.21. The fraction of sp³-hybridized carbons (Fsp3) is 0.533. The molecule has 0 bridgehead atoms. The van der Waals surface area contributed by atoms with Crippen molar-refractivity contribution >= 4 is 11.6 Å². The van der Waals surface area contributed by atoms with Crippen molar-refractivity contribution in [2.24, 2.45) is 11.8 Å². The van der Waals surface area contributed by atoms with Crippen molar-refractivity contribution in [2.75, 3.05) is 25.5 Å². The number of methoxy groups -OCH3 is 1. The van der Waals surface area contributed by atoms with Gasteiger partial charge in [0.15, 0.2) is 0 Å². The second kappa shape index (κ2) is 5.61. The first-order valence-corrected chi connectivity index (χ1v) is 6.70. The highest BCUT2D eigenvalue weighted by Crippen LogP contribution is 2.30. The first-order valence-electron chi connectivity index (χ1n) is 6.70. The Labute approximate surface area is 114 Å². The number of hydrogen-bond acceptors (Lipinski definition) is 3. The fourth-order valence-electron chi connectivity index (χ4n) is 2.40. The Morgan fingerprint density at radius 3 is 2.63 bits per heavy atom. The molecule has 0 saturated carbocycles. The van der Waals surface area contributed by atoms with Crippen LogP contribution in [0.15, 0.2) is 12.1 Å². The highest BCUT2D eigenvalue weighted by Gasteiger charge is 2.29. The predicted octanol–water partition coefficient (Wildman–Crippen LogP) is 2.11. The minimum atomic E-state index is 0.0351. The third-order valence-corrected chi connectivity index (χ3v) is 4.00. The first-order chi connectivity index (χ1) is 9.04. The number of carbonyl (C=O) groups excluding carboxylic acids is 1. The van der Waals surface area contributed by atoms with Crippen molar-refractivity contribution in [1.82, 2.24) is 5.32 Å². The number of carbonyl (C=O) groups is 1. The van der Waals surface area contributed by atoms with Crippen molar-refractivity contribution in [3.8, 4) is 5.75 Å². The van der Waals surface area contributed by atoms with Crippen LogP contribution in [0.5, 0.6) is 5.75 Å². The second-order valence-electron chi connectivity index (χ2n) is 5.28. The summed E-state index contributed by atoms with van der Waals surface area (Å²) in [6.45, 7) is 7.83. The van der Waals surface area contributed by atoms with Gasteiger partial charge in [-0.3, -0.25) is 4.79 Å². The van der Waals surface area contributed by atoms with Gasteiger partial charge in [0.05, 0.1) is 7.11 Å². The topological polar surface area (TPSA) is 50.4 Å². The van der Waals surface area contributed by atoms with Crippen LogP contribution in [-0.4, -0.2) is 26.1 Å². The maximum absolute atomic E-state index is 12.2. The maximum atomic E-state index is 12.2. The minimum absolute atomic E-state index is 0.0351. The van der Waals surface area contributed by atoms with Gasteiger partial charge in [-0.05, 0) is 44.5 Å². The Balaban J connectivity index is 2.12. The van der Waals surface area contributed by atoms with Crippen LogP contribution < -0.4 is 15.4 Å². The minimum Gasteiger partial charge on any atom is -0.496 e. The molecule has 1 fully saturated rings. The molecule has 19 heavy (non-hydrogen) atoms. The zero-order chi connectivity index (χ0) is 14.0. The normalized spacial score (nSPS) is 16.6. The average Bonchev–Trinajstić information content (AvgIpc) is 2.31. The summed E-state index contributed by atoms with van der Waals surface area (Å²) in [6, 6.07) is 3.91. The Morgan fingerprint density at radius 2 is 2.11 bits per heavy atom. The third kappa shape index (κ3) is 2.73. The molecule has 2 rings (SSSR count). The Bertz CT molecular complexity index is 481. The fourth-order valence-corrected chi connectivity index (χ4v) is 2.40. The lowest BCUT2D eigenvalue weighted by molar-refractivity contribution is -0.121. The number of aryl methyl sites for hydroxylation is 1. The van der Waals surface area contributed by atoms with E-state index in [0.717, 1.165) is 35.7 Å². The molecule has 4 heteroatoms. The molecule has 1 aromatic rings. The highest BCUT2D eigenvalue weighted by molar-refractivity contribution is 5.93. The van der Waals surface area contributed by atoms with Gasteiger partial charge in [0.25, 0.3) is 0 Å². The lowest BCUT2D eigenvalue weighted by Gasteiger charge is -2.31. The summed E-state index contributed by atoms with van der Waals surface area (Å²) in [5.74, 6) is 1.41. The molecule has 1 aliphatic heterocycles. The Morgan fingerprint density at radius 1 is 1.42 bits per heavy atom. The van der Waals surface area contributed by atoms with Crippen molar-refractivity contribution in [1.29, 1.82) is 0 Å². The van der Waals surface area contributed by atoms with Gasteiger partial charge in [-0.2, -0.15) is 0 Å². The van der Waals surface area contributed by atoms with Gasteiger partial charge in [0.1, 0.15) is 5.75 Å². The molecule has 1 amide bonds. The zero-order valence-corrected chi connectivity index (χ0v) is 12.0.